The van der Waals surface area contributed by atoms with Gasteiger partial charge in [0.2, 0.25) is 0 Å². The molecule has 21 heavy (non-hydrogen) atoms. The number of aromatic nitrogens is 2. The molecule has 0 saturated heterocycles. The highest BCUT2D eigenvalue weighted by atomic mass is 16.4. The van der Waals surface area contributed by atoms with Gasteiger partial charge in [-0.15, -0.1) is 0 Å². The molecular weight excluding hydrogens is 274 g/mol. The lowest BCUT2D eigenvalue weighted by Gasteiger charge is -2.21. The second-order valence-electron chi connectivity index (χ2n) is 4.68. The summed E-state index contributed by atoms with van der Waals surface area (Å²) in [7, 11) is 0. The number of hydrogen-bond acceptors (Lipinski definition) is 4. The Balaban J connectivity index is 3.32. The molecule has 0 aliphatic rings. The van der Waals surface area contributed by atoms with Gasteiger partial charge in [0, 0.05) is 6.54 Å². The Morgan fingerprint density at radius 1 is 1.24 bits per heavy atom. The zero-order chi connectivity index (χ0) is 16.0. The van der Waals surface area contributed by atoms with Crippen LogP contribution in [0.5, 0.6) is 0 Å². The van der Waals surface area contributed by atoms with E-state index in [1.54, 1.807) is 0 Å². The predicted octanol–water partition coefficient (Wildman–Crippen LogP) is 0.831. The van der Waals surface area contributed by atoms with Gasteiger partial charge in [-0.1, -0.05) is 20.8 Å². The highest BCUT2D eigenvalue weighted by molar-refractivity contribution is 5.97. The maximum absolute atomic E-state index is 12.6. The number of aliphatic carboxylic acids is 1. The largest absolute Gasteiger partial charge is 0.480 e. The van der Waals surface area contributed by atoms with Gasteiger partial charge in [0.05, 0.1) is 5.69 Å². The van der Waals surface area contributed by atoms with Crippen molar-refractivity contribution >= 4 is 11.9 Å². The van der Waals surface area contributed by atoms with Crippen LogP contribution >= 0.6 is 0 Å². The SMILES string of the molecule is CCCN(CC(=O)O)C(=O)c1c(CC)c(CC)n[nH]c1=O. The van der Waals surface area contributed by atoms with Crippen molar-refractivity contribution < 1.29 is 14.7 Å². The number of carbonyl (C=O) groups is 2. The van der Waals surface area contributed by atoms with Crippen LogP contribution in [0.4, 0.5) is 0 Å². The van der Waals surface area contributed by atoms with Gasteiger partial charge in [-0.3, -0.25) is 14.4 Å². The number of nitrogens with one attached hydrogen (secondary N) is 1. The van der Waals surface area contributed by atoms with E-state index < -0.39 is 24.0 Å². The first-order chi connectivity index (χ1) is 9.96. The molecule has 1 aromatic rings. The molecule has 1 rings (SSSR count). The fourth-order valence-electron chi connectivity index (χ4n) is 2.27. The van der Waals surface area contributed by atoms with E-state index in [0.717, 1.165) is 0 Å². The Bertz CT molecular complexity index is 580. The number of hydrogen-bond donors (Lipinski definition) is 2. The van der Waals surface area contributed by atoms with Crippen molar-refractivity contribution in [3.05, 3.63) is 27.2 Å². The number of amides is 1. The van der Waals surface area contributed by atoms with Gasteiger partial charge >= 0.3 is 5.97 Å². The fourth-order valence-corrected chi connectivity index (χ4v) is 2.27. The Labute approximate surface area is 123 Å². The Morgan fingerprint density at radius 2 is 1.90 bits per heavy atom. The number of carboxylic acid groups (broad SMARTS) is 1. The molecule has 1 heterocycles. The van der Waals surface area contributed by atoms with E-state index in [2.05, 4.69) is 10.2 Å². The molecule has 7 nitrogen and oxygen atoms in total. The van der Waals surface area contributed by atoms with Crippen LogP contribution in [-0.4, -0.2) is 45.2 Å². The van der Waals surface area contributed by atoms with E-state index in [-0.39, 0.29) is 12.1 Å². The van der Waals surface area contributed by atoms with Gasteiger partial charge in [0.15, 0.2) is 0 Å². The van der Waals surface area contributed by atoms with Crippen LogP contribution in [-0.2, 0) is 17.6 Å². The third kappa shape index (κ3) is 3.90. The van der Waals surface area contributed by atoms with Crippen LogP contribution < -0.4 is 5.56 Å². The molecule has 2 N–H and O–H groups in total. The zero-order valence-electron chi connectivity index (χ0n) is 12.6. The monoisotopic (exact) mass is 295 g/mol. The van der Waals surface area contributed by atoms with Crippen molar-refractivity contribution in [3.63, 3.8) is 0 Å². The number of nitrogens with zero attached hydrogens (tertiary/aromatic N) is 2. The van der Waals surface area contributed by atoms with E-state index in [9.17, 15) is 14.4 Å². The Kier molecular flexibility index (Phi) is 6.08. The highest BCUT2D eigenvalue weighted by Crippen LogP contribution is 2.13. The molecule has 0 spiro atoms. The van der Waals surface area contributed by atoms with E-state index in [1.807, 2.05) is 20.8 Å². The molecule has 1 aromatic heterocycles. The first-order valence-corrected chi connectivity index (χ1v) is 7.07. The second kappa shape index (κ2) is 7.56. The highest BCUT2D eigenvalue weighted by Gasteiger charge is 2.24. The molecule has 0 aliphatic heterocycles. The normalized spacial score (nSPS) is 10.4. The molecular formula is C14H21N3O4. The van der Waals surface area contributed by atoms with Gasteiger partial charge in [0.1, 0.15) is 12.1 Å². The number of aryl methyl sites for hydroxylation is 1. The average Bonchev–Trinajstić information content (AvgIpc) is 2.45. The van der Waals surface area contributed by atoms with Crippen LogP contribution in [0, 0.1) is 0 Å². The number of rotatable bonds is 7. The summed E-state index contributed by atoms with van der Waals surface area (Å²) < 4.78 is 0. The molecule has 0 aliphatic carbocycles. The number of carbonyl (C=O) groups excluding carboxylic acids is 1. The summed E-state index contributed by atoms with van der Waals surface area (Å²) in [5.41, 5.74) is 0.699. The summed E-state index contributed by atoms with van der Waals surface area (Å²) in [6.07, 6.45) is 1.70. The summed E-state index contributed by atoms with van der Waals surface area (Å²) in [5.74, 6) is -1.65. The zero-order valence-corrected chi connectivity index (χ0v) is 12.6. The molecule has 0 bridgehead atoms. The first kappa shape index (κ1) is 16.9. The smallest absolute Gasteiger partial charge is 0.323 e. The summed E-state index contributed by atoms with van der Waals surface area (Å²) in [5, 5.41) is 15.2. The molecule has 0 fully saturated rings. The Morgan fingerprint density at radius 3 is 2.38 bits per heavy atom. The predicted molar refractivity (Wildman–Crippen MR) is 77.4 cm³/mol. The van der Waals surface area contributed by atoms with Gasteiger partial charge in [0.25, 0.3) is 11.5 Å². The maximum atomic E-state index is 12.6. The molecule has 0 saturated carbocycles. The first-order valence-electron chi connectivity index (χ1n) is 7.07. The average molecular weight is 295 g/mol. The van der Waals surface area contributed by atoms with Crippen LogP contribution in [0.15, 0.2) is 4.79 Å². The minimum Gasteiger partial charge on any atom is -0.480 e. The molecule has 0 aromatic carbocycles. The van der Waals surface area contributed by atoms with Gasteiger partial charge in [-0.2, -0.15) is 5.10 Å². The number of aromatic amines is 1. The lowest BCUT2D eigenvalue weighted by Crippen LogP contribution is -2.40. The van der Waals surface area contributed by atoms with E-state index in [4.69, 9.17) is 5.11 Å². The van der Waals surface area contributed by atoms with Crippen LogP contribution in [0.3, 0.4) is 0 Å². The maximum Gasteiger partial charge on any atom is 0.323 e. The van der Waals surface area contributed by atoms with Gasteiger partial charge < -0.3 is 10.0 Å². The third-order valence-electron chi connectivity index (χ3n) is 3.18. The number of H-pyrrole nitrogens is 1. The van der Waals surface area contributed by atoms with Crippen molar-refractivity contribution in [1.82, 2.24) is 15.1 Å². The summed E-state index contributed by atoms with van der Waals surface area (Å²) in [4.78, 5) is 36.6. The molecule has 1 amide bonds. The van der Waals surface area contributed by atoms with Crippen molar-refractivity contribution in [2.75, 3.05) is 13.1 Å². The fraction of sp³-hybridized carbons (Fsp3) is 0.571. The lowest BCUT2D eigenvalue weighted by atomic mass is 10.0. The van der Waals surface area contributed by atoms with Crippen molar-refractivity contribution in [2.24, 2.45) is 0 Å². The summed E-state index contributed by atoms with van der Waals surface area (Å²) in [6, 6.07) is 0. The Hall–Kier alpha value is -2.18. The minimum atomic E-state index is -1.10. The topological polar surface area (TPSA) is 103 Å². The lowest BCUT2D eigenvalue weighted by molar-refractivity contribution is -0.137. The molecule has 116 valence electrons. The van der Waals surface area contributed by atoms with E-state index in [1.165, 1.54) is 4.90 Å². The van der Waals surface area contributed by atoms with Crippen molar-refractivity contribution in [3.8, 4) is 0 Å². The molecule has 7 heteroatoms. The van der Waals surface area contributed by atoms with Crippen LogP contribution in [0.25, 0.3) is 0 Å². The number of carboxylic acids is 1. The van der Waals surface area contributed by atoms with Gasteiger partial charge in [-0.25, -0.2) is 5.10 Å². The summed E-state index contributed by atoms with van der Waals surface area (Å²) >= 11 is 0. The van der Waals surface area contributed by atoms with E-state index in [0.29, 0.717) is 30.5 Å². The van der Waals surface area contributed by atoms with Crippen LogP contribution in [0.2, 0.25) is 0 Å². The van der Waals surface area contributed by atoms with E-state index >= 15 is 0 Å². The van der Waals surface area contributed by atoms with Crippen molar-refractivity contribution in [2.45, 2.75) is 40.0 Å². The molecule has 0 radical (unpaired) electrons. The summed E-state index contributed by atoms with van der Waals surface area (Å²) in [6.45, 7) is 5.44. The molecule has 0 atom stereocenters. The van der Waals surface area contributed by atoms with Crippen LogP contribution in [0.1, 0.15) is 48.8 Å². The quantitative estimate of drug-likeness (QED) is 0.775. The third-order valence-corrected chi connectivity index (χ3v) is 3.18. The minimum absolute atomic E-state index is 0.0130. The standard InChI is InChI=1S/C14H21N3O4/c1-4-7-17(8-11(18)19)14(21)12-9(5-2)10(6-3)15-16-13(12)20/h4-8H2,1-3H3,(H,16,20)(H,18,19). The molecule has 0 unspecified atom stereocenters. The second-order valence-corrected chi connectivity index (χ2v) is 4.68. The van der Waals surface area contributed by atoms with Gasteiger partial charge in [-0.05, 0) is 24.8 Å². The van der Waals surface area contributed by atoms with Crippen molar-refractivity contribution in [1.29, 1.82) is 0 Å².